The van der Waals surface area contributed by atoms with Gasteiger partial charge in [-0.3, -0.25) is 0 Å². The van der Waals surface area contributed by atoms with E-state index < -0.39 is 40.8 Å². The lowest BCUT2D eigenvalue weighted by Gasteiger charge is -2.32. The summed E-state index contributed by atoms with van der Waals surface area (Å²) < 4.78 is 70.0. The van der Waals surface area contributed by atoms with Crippen molar-refractivity contribution in [2.24, 2.45) is 5.92 Å². The van der Waals surface area contributed by atoms with Gasteiger partial charge in [-0.2, -0.15) is 0 Å². The standard InChI is InChI=1S/C29H25ClF4N2O3/c1-38-29(37)27-22(33)11-19(12-23(27)34)39-15-26(16-5-3-2-4-6-16)36-25-14-21(32)20(31)13-24(25)35-28(36)17-7-9-18(30)10-8-17/h7-14,16,26H,2-6,15H2,1H3. The number of halogens is 5. The molecular weight excluding hydrogens is 536 g/mol. The van der Waals surface area contributed by atoms with Crippen molar-refractivity contribution in [2.75, 3.05) is 13.7 Å². The Kier molecular flexibility index (Phi) is 7.79. The van der Waals surface area contributed by atoms with Crippen LogP contribution < -0.4 is 4.74 Å². The summed E-state index contributed by atoms with van der Waals surface area (Å²) in [7, 11) is 1.03. The van der Waals surface area contributed by atoms with Gasteiger partial charge in [-0.15, -0.1) is 0 Å². The summed E-state index contributed by atoms with van der Waals surface area (Å²) in [5.41, 5.74) is 0.504. The second-order valence-electron chi connectivity index (χ2n) is 9.60. The lowest BCUT2D eigenvalue weighted by Crippen LogP contribution is -2.28. The van der Waals surface area contributed by atoms with Crippen LogP contribution in [0.25, 0.3) is 22.4 Å². The first-order valence-electron chi connectivity index (χ1n) is 12.6. The Morgan fingerprint density at radius 3 is 2.26 bits per heavy atom. The maximum Gasteiger partial charge on any atom is 0.343 e. The minimum atomic E-state index is -1.14. The van der Waals surface area contributed by atoms with E-state index in [1.54, 1.807) is 24.3 Å². The number of benzene rings is 3. The van der Waals surface area contributed by atoms with Crippen molar-refractivity contribution in [3.05, 3.63) is 82.4 Å². The predicted molar refractivity (Wildman–Crippen MR) is 139 cm³/mol. The van der Waals surface area contributed by atoms with Gasteiger partial charge in [-0.05, 0) is 43.0 Å². The minimum Gasteiger partial charge on any atom is -0.491 e. The van der Waals surface area contributed by atoms with Crippen molar-refractivity contribution in [3.63, 3.8) is 0 Å². The normalized spacial score (nSPS) is 14.9. The van der Waals surface area contributed by atoms with E-state index in [9.17, 15) is 22.4 Å². The highest BCUT2D eigenvalue weighted by Gasteiger charge is 2.31. The van der Waals surface area contributed by atoms with Crippen molar-refractivity contribution in [3.8, 4) is 17.1 Å². The number of carbonyl (C=O) groups is 1. The van der Waals surface area contributed by atoms with E-state index in [0.29, 0.717) is 21.9 Å². The lowest BCUT2D eigenvalue weighted by molar-refractivity contribution is 0.0589. The molecule has 0 bridgehead atoms. The maximum absolute atomic E-state index is 14.6. The molecule has 0 spiro atoms. The monoisotopic (exact) mass is 560 g/mol. The van der Waals surface area contributed by atoms with Gasteiger partial charge in [0.25, 0.3) is 0 Å². The third kappa shape index (κ3) is 5.45. The van der Waals surface area contributed by atoms with Gasteiger partial charge in [0.15, 0.2) is 11.6 Å². The Balaban J connectivity index is 1.60. The molecule has 3 aromatic carbocycles. The Bertz CT molecular complexity index is 1490. The van der Waals surface area contributed by atoms with E-state index in [4.69, 9.17) is 16.3 Å². The van der Waals surface area contributed by atoms with E-state index >= 15 is 0 Å². The highest BCUT2D eigenvalue weighted by Crippen LogP contribution is 2.39. The predicted octanol–water partition coefficient (Wildman–Crippen LogP) is 7.90. The number of methoxy groups -OCH3 is 1. The molecule has 1 atom stereocenters. The van der Waals surface area contributed by atoms with Crippen LogP contribution >= 0.6 is 11.6 Å². The average Bonchev–Trinajstić information content (AvgIpc) is 3.27. The number of hydrogen-bond donors (Lipinski definition) is 0. The summed E-state index contributed by atoms with van der Waals surface area (Å²) in [6, 6.07) is 10.5. The van der Waals surface area contributed by atoms with E-state index in [0.717, 1.165) is 63.5 Å². The molecule has 5 nitrogen and oxygen atoms in total. The summed E-state index contributed by atoms with van der Waals surface area (Å²) in [6.07, 6.45) is 4.72. The van der Waals surface area contributed by atoms with Crippen LogP contribution in [0, 0.1) is 29.2 Å². The highest BCUT2D eigenvalue weighted by atomic mass is 35.5. The lowest BCUT2D eigenvalue weighted by atomic mass is 9.83. The smallest absolute Gasteiger partial charge is 0.343 e. The van der Waals surface area contributed by atoms with Crippen molar-refractivity contribution < 1.29 is 31.8 Å². The third-order valence-electron chi connectivity index (χ3n) is 7.19. The molecule has 5 rings (SSSR count). The van der Waals surface area contributed by atoms with Gasteiger partial charge in [-0.25, -0.2) is 27.3 Å². The second-order valence-corrected chi connectivity index (χ2v) is 10.0. The number of nitrogens with zero attached hydrogens (tertiary/aromatic N) is 2. The summed E-state index contributed by atoms with van der Waals surface area (Å²) >= 11 is 6.09. The Morgan fingerprint density at radius 2 is 1.62 bits per heavy atom. The molecule has 0 radical (unpaired) electrons. The van der Waals surface area contributed by atoms with Crippen molar-refractivity contribution in [2.45, 2.75) is 38.1 Å². The van der Waals surface area contributed by atoms with Gasteiger partial charge < -0.3 is 14.0 Å². The van der Waals surface area contributed by atoms with Crippen LogP contribution in [0.1, 0.15) is 48.5 Å². The molecule has 10 heteroatoms. The number of imidazole rings is 1. The quantitative estimate of drug-likeness (QED) is 0.170. The van der Waals surface area contributed by atoms with Gasteiger partial charge in [0, 0.05) is 34.9 Å². The summed E-state index contributed by atoms with van der Waals surface area (Å²) in [5.74, 6) is -4.98. The van der Waals surface area contributed by atoms with E-state index in [1.807, 2.05) is 4.57 Å². The zero-order chi connectivity index (χ0) is 27.7. The van der Waals surface area contributed by atoms with Gasteiger partial charge >= 0.3 is 5.97 Å². The topological polar surface area (TPSA) is 53.4 Å². The fourth-order valence-electron chi connectivity index (χ4n) is 5.28. The number of aromatic nitrogens is 2. The maximum atomic E-state index is 14.6. The number of hydrogen-bond acceptors (Lipinski definition) is 4. The zero-order valence-corrected chi connectivity index (χ0v) is 21.8. The molecule has 1 aliphatic carbocycles. The van der Waals surface area contributed by atoms with Gasteiger partial charge in [0.2, 0.25) is 0 Å². The summed E-state index contributed by atoms with van der Waals surface area (Å²) in [6.45, 7) is -0.0356. The molecule has 0 aliphatic heterocycles. The first kappa shape index (κ1) is 27.0. The molecule has 0 saturated heterocycles. The zero-order valence-electron chi connectivity index (χ0n) is 21.0. The van der Waals surface area contributed by atoms with E-state index in [1.165, 1.54) is 0 Å². The Hall–Kier alpha value is -3.59. The summed E-state index contributed by atoms with van der Waals surface area (Å²) in [5, 5.41) is 0.519. The molecule has 4 aromatic rings. The van der Waals surface area contributed by atoms with Gasteiger partial charge in [-0.1, -0.05) is 30.9 Å². The van der Waals surface area contributed by atoms with Crippen molar-refractivity contribution >= 4 is 28.6 Å². The molecule has 1 saturated carbocycles. The fourth-order valence-corrected chi connectivity index (χ4v) is 5.41. The van der Waals surface area contributed by atoms with Gasteiger partial charge in [0.1, 0.15) is 35.4 Å². The molecule has 1 unspecified atom stereocenters. The molecule has 39 heavy (non-hydrogen) atoms. The molecule has 1 aromatic heterocycles. The number of carbonyl (C=O) groups excluding carboxylic acids is 1. The SMILES string of the molecule is COC(=O)c1c(F)cc(OCC(C2CCCCC2)n2c(-c3ccc(Cl)cc3)nc3cc(F)c(F)cc32)cc1F. The largest absolute Gasteiger partial charge is 0.491 e. The van der Waals surface area contributed by atoms with Crippen LogP contribution in [-0.4, -0.2) is 29.2 Å². The first-order valence-corrected chi connectivity index (χ1v) is 13.0. The number of ether oxygens (including phenoxy) is 2. The minimum absolute atomic E-state index is 0.0356. The third-order valence-corrected chi connectivity index (χ3v) is 7.44. The van der Waals surface area contributed by atoms with Crippen LogP contribution in [0.4, 0.5) is 17.6 Å². The highest BCUT2D eigenvalue weighted by molar-refractivity contribution is 6.30. The Labute approximate surface area is 227 Å². The molecular formula is C29H25ClF4N2O3. The van der Waals surface area contributed by atoms with Crippen LogP contribution in [0.3, 0.4) is 0 Å². The first-order chi connectivity index (χ1) is 18.8. The number of rotatable bonds is 7. The average molecular weight is 561 g/mol. The number of esters is 1. The van der Waals surface area contributed by atoms with Crippen LogP contribution in [0.2, 0.25) is 5.02 Å². The molecule has 0 N–H and O–H groups in total. The number of fused-ring (bicyclic) bond motifs is 1. The molecule has 1 heterocycles. The molecule has 204 valence electrons. The van der Waals surface area contributed by atoms with Crippen molar-refractivity contribution in [1.82, 2.24) is 9.55 Å². The van der Waals surface area contributed by atoms with Crippen LogP contribution in [0.5, 0.6) is 5.75 Å². The molecule has 1 aliphatic rings. The van der Waals surface area contributed by atoms with E-state index in [2.05, 4.69) is 9.72 Å². The van der Waals surface area contributed by atoms with Gasteiger partial charge in [0.05, 0.1) is 24.2 Å². The van der Waals surface area contributed by atoms with Crippen LogP contribution in [0.15, 0.2) is 48.5 Å². The molecule has 0 amide bonds. The van der Waals surface area contributed by atoms with E-state index in [-0.39, 0.29) is 23.8 Å². The van der Waals surface area contributed by atoms with Crippen molar-refractivity contribution in [1.29, 1.82) is 0 Å². The second kappa shape index (κ2) is 11.3. The van der Waals surface area contributed by atoms with Crippen LogP contribution in [-0.2, 0) is 4.74 Å². The molecule has 1 fully saturated rings. The fraction of sp³-hybridized carbons (Fsp3) is 0.310. The summed E-state index contributed by atoms with van der Waals surface area (Å²) in [4.78, 5) is 16.4. The Morgan fingerprint density at radius 1 is 0.974 bits per heavy atom.